The standard InChI is InChI=1S/C12H19NO2/c1-13(9-12-3-2-8-15-12)10-4-6-11(14)7-5-10/h2-3,8,10-11,14H,4-7,9H2,1H3. The number of hydrogen-bond acceptors (Lipinski definition) is 3. The highest BCUT2D eigenvalue weighted by Crippen LogP contribution is 2.23. The lowest BCUT2D eigenvalue weighted by Crippen LogP contribution is -2.35. The summed E-state index contributed by atoms with van der Waals surface area (Å²) in [5, 5.41) is 9.43. The Balaban J connectivity index is 1.83. The first-order chi connectivity index (χ1) is 7.25. The Bertz CT molecular complexity index is 276. The summed E-state index contributed by atoms with van der Waals surface area (Å²) in [5.41, 5.74) is 0. The molecule has 1 saturated carbocycles. The molecule has 0 spiro atoms. The Hall–Kier alpha value is -0.800. The Morgan fingerprint density at radius 2 is 2.13 bits per heavy atom. The largest absolute Gasteiger partial charge is 0.468 e. The molecular weight excluding hydrogens is 190 g/mol. The van der Waals surface area contributed by atoms with Crippen molar-refractivity contribution in [1.82, 2.24) is 4.90 Å². The van der Waals surface area contributed by atoms with Gasteiger partial charge in [0.15, 0.2) is 0 Å². The summed E-state index contributed by atoms with van der Waals surface area (Å²) in [4.78, 5) is 2.32. The molecule has 0 unspecified atom stereocenters. The first kappa shape index (κ1) is 10.7. The van der Waals surface area contributed by atoms with E-state index < -0.39 is 0 Å². The van der Waals surface area contributed by atoms with Gasteiger partial charge in [0, 0.05) is 6.04 Å². The molecule has 0 aliphatic heterocycles. The normalized spacial score (nSPS) is 27.1. The van der Waals surface area contributed by atoms with Gasteiger partial charge in [-0.15, -0.1) is 0 Å². The van der Waals surface area contributed by atoms with E-state index in [0.717, 1.165) is 38.0 Å². The molecule has 15 heavy (non-hydrogen) atoms. The SMILES string of the molecule is CN(Cc1ccco1)C1CCC(O)CC1. The Kier molecular flexibility index (Phi) is 3.44. The summed E-state index contributed by atoms with van der Waals surface area (Å²) >= 11 is 0. The molecule has 1 fully saturated rings. The highest BCUT2D eigenvalue weighted by Gasteiger charge is 2.22. The highest BCUT2D eigenvalue weighted by molar-refractivity contribution is 4.98. The number of nitrogens with zero attached hydrogens (tertiary/aromatic N) is 1. The Morgan fingerprint density at radius 3 is 2.73 bits per heavy atom. The van der Waals surface area contributed by atoms with E-state index in [4.69, 9.17) is 4.42 Å². The van der Waals surface area contributed by atoms with E-state index in [9.17, 15) is 5.11 Å². The molecular formula is C12H19NO2. The van der Waals surface area contributed by atoms with Crippen LogP contribution in [0.5, 0.6) is 0 Å². The van der Waals surface area contributed by atoms with Crippen molar-refractivity contribution in [2.24, 2.45) is 0 Å². The van der Waals surface area contributed by atoms with Crippen LogP contribution in [0.1, 0.15) is 31.4 Å². The summed E-state index contributed by atoms with van der Waals surface area (Å²) in [6.45, 7) is 0.869. The molecule has 3 nitrogen and oxygen atoms in total. The smallest absolute Gasteiger partial charge is 0.117 e. The van der Waals surface area contributed by atoms with E-state index in [-0.39, 0.29) is 6.10 Å². The quantitative estimate of drug-likeness (QED) is 0.827. The summed E-state index contributed by atoms with van der Waals surface area (Å²) in [6, 6.07) is 4.53. The van der Waals surface area contributed by atoms with Crippen LogP contribution in [0.15, 0.2) is 22.8 Å². The van der Waals surface area contributed by atoms with E-state index in [1.807, 2.05) is 12.1 Å². The van der Waals surface area contributed by atoms with Crippen molar-refractivity contribution in [3.8, 4) is 0 Å². The highest BCUT2D eigenvalue weighted by atomic mass is 16.3. The number of furan rings is 1. The second kappa shape index (κ2) is 4.81. The first-order valence-electron chi connectivity index (χ1n) is 5.66. The van der Waals surface area contributed by atoms with Crippen molar-refractivity contribution >= 4 is 0 Å². The van der Waals surface area contributed by atoms with Crippen molar-refractivity contribution in [1.29, 1.82) is 0 Å². The summed E-state index contributed by atoms with van der Waals surface area (Å²) in [7, 11) is 2.13. The van der Waals surface area contributed by atoms with Crippen molar-refractivity contribution in [2.45, 2.75) is 44.4 Å². The molecule has 3 heteroatoms. The predicted octanol–water partition coefficient (Wildman–Crippen LogP) is 2.01. The topological polar surface area (TPSA) is 36.6 Å². The van der Waals surface area contributed by atoms with E-state index in [1.165, 1.54) is 0 Å². The molecule has 1 aromatic heterocycles. The molecule has 0 radical (unpaired) electrons. The van der Waals surface area contributed by atoms with Gasteiger partial charge in [0.25, 0.3) is 0 Å². The predicted molar refractivity (Wildman–Crippen MR) is 58.4 cm³/mol. The average molecular weight is 209 g/mol. The molecule has 0 aromatic carbocycles. The molecule has 1 N–H and O–H groups in total. The number of rotatable bonds is 3. The van der Waals surface area contributed by atoms with Crippen LogP contribution in [0.2, 0.25) is 0 Å². The zero-order valence-electron chi connectivity index (χ0n) is 9.22. The lowest BCUT2D eigenvalue weighted by Gasteiger charge is -2.32. The minimum atomic E-state index is -0.0711. The van der Waals surface area contributed by atoms with Crippen LogP contribution >= 0.6 is 0 Å². The fourth-order valence-electron chi connectivity index (χ4n) is 2.28. The minimum absolute atomic E-state index is 0.0711. The van der Waals surface area contributed by atoms with Gasteiger partial charge in [-0.25, -0.2) is 0 Å². The number of hydrogen-bond donors (Lipinski definition) is 1. The third kappa shape index (κ3) is 2.83. The second-order valence-electron chi connectivity index (χ2n) is 4.46. The van der Waals surface area contributed by atoms with E-state index in [2.05, 4.69) is 11.9 Å². The van der Waals surface area contributed by atoms with Crippen molar-refractivity contribution in [3.05, 3.63) is 24.2 Å². The van der Waals surface area contributed by atoms with Gasteiger partial charge in [-0.05, 0) is 44.9 Å². The van der Waals surface area contributed by atoms with Gasteiger partial charge in [-0.3, -0.25) is 4.90 Å². The van der Waals surface area contributed by atoms with Crippen LogP contribution in [0.25, 0.3) is 0 Å². The van der Waals surface area contributed by atoms with Gasteiger partial charge >= 0.3 is 0 Å². The maximum atomic E-state index is 9.43. The summed E-state index contributed by atoms with van der Waals surface area (Å²) in [6.07, 6.45) is 5.71. The van der Waals surface area contributed by atoms with Gasteiger partial charge in [0.1, 0.15) is 5.76 Å². The fraction of sp³-hybridized carbons (Fsp3) is 0.667. The van der Waals surface area contributed by atoms with Gasteiger partial charge < -0.3 is 9.52 Å². The van der Waals surface area contributed by atoms with E-state index in [1.54, 1.807) is 6.26 Å². The van der Waals surface area contributed by atoms with Gasteiger partial charge in [0.2, 0.25) is 0 Å². The average Bonchev–Trinajstić information content (AvgIpc) is 2.71. The van der Waals surface area contributed by atoms with Gasteiger partial charge in [0.05, 0.1) is 18.9 Å². The second-order valence-corrected chi connectivity index (χ2v) is 4.46. The van der Waals surface area contributed by atoms with Crippen LogP contribution in [0, 0.1) is 0 Å². The van der Waals surface area contributed by atoms with Gasteiger partial charge in [-0.2, -0.15) is 0 Å². The maximum absolute atomic E-state index is 9.43. The maximum Gasteiger partial charge on any atom is 0.117 e. The summed E-state index contributed by atoms with van der Waals surface area (Å²) in [5.74, 6) is 1.02. The third-order valence-electron chi connectivity index (χ3n) is 3.27. The number of aliphatic hydroxyl groups excluding tert-OH is 1. The van der Waals surface area contributed by atoms with E-state index >= 15 is 0 Å². The molecule has 0 bridgehead atoms. The molecule has 1 aliphatic carbocycles. The van der Waals surface area contributed by atoms with Crippen LogP contribution in [0.4, 0.5) is 0 Å². The van der Waals surface area contributed by atoms with Crippen LogP contribution < -0.4 is 0 Å². The molecule has 0 amide bonds. The lowest BCUT2D eigenvalue weighted by atomic mass is 9.92. The van der Waals surface area contributed by atoms with Crippen molar-refractivity contribution in [3.63, 3.8) is 0 Å². The zero-order valence-corrected chi connectivity index (χ0v) is 9.22. The lowest BCUT2D eigenvalue weighted by molar-refractivity contribution is 0.0793. The zero-order chi connectivity index (χ0) is 10.7. The van der Waals surface area contributed by atoms with Gasteiger partial charge in [-0.1, -0.05) is 0 Å². The molecule has 2 rings (SSSR count). The van der Waals surface area contributed by atoms with Crippen molar-refractivity contribution in [2.75, 3.05) is 7.05 Å². The molecule has 1 aliphatic rings. The van der Waals surface area contributed by atoms with Crippen LogP contribution in [0.3, 0.4) is 0 Å². The van der Waals surface area contributed by atoms with Crippen molar-refractivity contribution < 1.29 is 9.52 Å². The summed E-state index contributed by atoms with van der Waals surface area (Å²) < 4.78 is 5.33. The fourth-order valence-corrected chi connectivity index (χ4v) is 2.28. The van der Waals surface area contributed by atoms with E-state index in [0.29, 0.717) is 6.04 Å². The number of aliphatic hydroxyl groups is 1. The van der Waals surface area contributed by atoms with Crippen LogP contribution in [-0.2, 0) is 6.54 Å². The third-order valence-corrected chi connectivity index (χ3v) is 3.27. The molecule has 1 heterocycles. The molecule has 84 valence electrons. The molecule has 1 aromatic rings. The first-order valence-corrected chi connectivity index (χ1v) is 5.66. The Labute approximate surface area is 90.7 Å². The monoisotopic (exact) mass is 209 g/mol. The van der Waals surface area contributed by atoms with Crippen LogP contribution in [-0.4, -0.2) is 29.2 Å². The molecule has 0 saturated heterocycles. The molecule has 0 atom stereocenters. The Morgan fingerprint density at radius 1 is 1.40 bits per heavy atom. The minimum Gasteiger partial charge on any atom is -0.468 e.